The molecule has 0 radical (unpaired) electrons. The zero-order valence-corrected chi connectivity index (χ0v) is 17.2. The van der Waals surface area contributed by atoms with E-state index in [1.807, 2.05) is 18.2 Å². The second-order valence-corrected chi connectivity index (χ2v) is 8.20. The van der Waals surface area contributed by atoms with Crippen molar-refractivity contribution in [2.24, 2.45) is 0 Å². The van der Waals surface area contributed by atoms with E-state index >= 15 is 0 Å². The summed E-state index contributed by atoms with van der Waals surface area (Å²) in [4.78, 5) is 4.28. The first-order chi connectivity index (χ1) is 13.7. The molecule has 1 aliphatic rings. The third-order valence-electron chi connectivity index (χ3n) is 5.29. The van der Waals surface area contributed by atoms with Gasteiger partial charge in [0.25, 0.3) is 0 Å². The molecule has 1 saturated carbocycles. The van der Waals surface area contributed by atoms with Gasteiger partial charge in [-0.3, -0.25) is 4.57 Å². The summed E-state index contributed by atoms with van der Waals surface area (Å²) in [6.07, 6.45) is 8.25. The molecule has 0 amide bonds. The van der Waals surface area contributed by atoms with E-state index in [2.05, 4.69) is 57.2 Å². The lowest BCUT2D eigenvalue weighted by atomic mass is 9.86. The summed E-state index contributed by atoms with van der Waals surface area (Å²) in [7, 11) is 0. The van der Waals surface area contributed by atoms with E-state index in [4.69, 9.17) is 4.74 Å². The average Bonchev–Trinajstić information content (AvgIpc) is 3.14. The van der Waals surface area contributed by atoms with Gasteiger partial charge in [-0.15, -0.1) is 10.2 Å². The molecule has 6 heteroatoms. The number of hydrogen-bond acceptors (Lipinski definition) is 5. The first-order valence-electron chi connectivity index (χ1n) is 9.82. The van der Waals surface area contributed by atoms with E-state index in [0.717, 1.165) is 54.7 Å². The van der Waals surface area contributed by atoms with Crippen LogP contribution in [-0.4, -0.2) is 32.1 Å². The number of nitrogens with zero attached hydrogens (tertiary/aromatic N) is 4. The number of benzene rings is 1. The highest BCUT2D eigenvalue weighted by atomic mass is 32.2. The Bertz CT molecular complexity index is 887. The van der Waals surface area contributed by atoms with Crippen molar-refractivity contribution in [3.63, 3.8) is 0 Å². The molecule has 0 aliphatic heterocycles. The molecule has 3 aromatic rings. The maximum absolute atomic E-state index is 6.05. The van der Waals surface area contributed by atoms with Gasteiger partial charge in [0, 0.05) is 23.9 Å². The molecule has 0 atom stereocenters. The number of rotatable bonds is 6. The Hall–Kier alpha value is -2.34. The quantitative estimate of drug-likeness (QED) is 0.593. The molecule has 4 rings (SSSR count). The molecule has 1 aromatic carbocycles. The molecule has 2 heterocycles. The van der Waals surface area contributed by atoms with Crippen LogP contribution in [0.1, 0.15) is 48.8 Å². The molecule has 0 unspecified atom stereocenters. The molecule has 0 N–H and O–H groups in total. The van der Waals surface area contributed by atoms with Crippen LogP contribution in [0.25, 0.3) is 5.69 Å². The SMILES string of the molecule is CSCc1nnc([C@H]2CC[C@H](Oc3ccccn3)CC2)n1-c1ccc(C)cc1. The third kappa shape index (κ3) is 4.22. The first-order valence-corrected chi connectivity index (χ1v) is 11.2. The van der Waals surface area contributed by atoms with Gasteiger partial charge in [-0.2, -0.15) is 11.8 Å². The lowest BCUT2D eigenvalue weighted by molar-refractivity contribution is 0.139. The maximum atomic E-state index is 6.05. The molecule has 28 heavy (non-hydrogen) atoms. The zero-order chi connectivity index (χ0) is 19.3. The predicted octanol–water partition coefficient (Wildman–Crippen LogP) is 4.94. The van der Waals surface area contributed by atoms with Crippen molar-refractivity contribution >= 4 is 11.8 Å². The number of hydrogen-bond donors (Lipinski definition) is 0. The number of aromatic nitrogens is 4. The van der Waals surface area contributed by atoms with E-state index in [1.165, 1.54) is 5.56 Å². The Morgan fingerprint density at radius 3 is 2.50 bits per heavy atom. The van der Waals surface area contributed by atoms with E-state index in [0.29, 0.717) is 5.92 Å². The summed E-state index contributed by atoms with van der Waals surface area (Å²) in [5, 5.41) is 9.13. The van der Waals surface area contributed by atoms with Crippen molar-refractivity contribution in [1.29, 1.82) is 0 Å². The van der Waals surface area contributed by atoms with Gasteiger partial charge < -0.3 is 4.74 Å². The van der Waals surface area contributed by atoms with Gasteiger partial charge in [0.05, 0.1) is 5.75 Å². The summed E-state index contributed by atoms with van der Waals surface area (Å²) in [5.74, 6) is 4.10. The van der Waals surface area contributed by atoms with Gasteiger partial charge in [0.2, 0.25) is 5.88 Å². The first kappa shape index (κ1) is 19.0. The van der Waals surface area contributed by atoms with E-state index in [-0.39, 0.29) is 6.10 Å². The Morgan fingerprint density at radius 1 is 1.04 bits per heavy atom. The van der Waals surface area contributed by atoms with Crippen LogP contribution in [0.2, 0.25) is 0 Å². The second kappa shape index (κ2) is 8.78. The Morgan fingerprint density at radius 2 is 1.82 bits per heavy atom. The highest BCUT2D eigenvalue weighted by Gasteiger charge is 2.28. The van der Waals surface area contributed by atoms with Crippen LogP contribution in [0.15, 0.2) is 48.7 Å². The highest BCUT2D eigenvalue weighted by Crippen LogP contribution is 2.35. The average molecular weight is 395 g/mol. The standard InChI is InChI=1S/C22H26N4OS/c1-16-6-10-18(11-7-16)26-20(15-28-2)24-25-22(26)17-8-12-19(13-9-17)27-21-5-3-4-14-23-21/h3-7,10-11,14,17,19H,8-9,12-13,15H2,1-2H3/t17-,19-. The van der Waals surface area contributed by atoms with Crippen LogP contribution in [-0.2, 0) is 5.75 Å². The van der Waals surface area contributed by atoms with Crippen molar-refractivity contribution in [2.75, 3.05) is 6.26 Å². The van der Waals surface area contributed by atoms with Gasteiger partial charge in [-0.25, -0.2) is 4.98 Å². The zero-order valence-electron chi connectivity index (χ0n) is 16.4. The van der Waals surface area contributed by atoms with Crippen LogP contribution in [0.3, 0.4) is 0 Å². The van der Waals surface area contributed by atoms with Crippen molar-refractivity contribution < 1.29 is 4.74 Å². The third-order valence-corrected chi connectivity index (χ3v) is 5.83. The van der Waals surface area contributed by atoms with Crippen molar-refractivity contribution in [1.82, 2.24) is 19.7 Å². The second-order valence-electron chi connectivity index (χ2n) is 7.34. The van der Waals surface area contributed by atoms with E-state index < -0.39 is 0 Å². The number of thioether (sulfide) groups is 1. The molecular weight excluding hydrogens is 368 g/mol. The minimum absolute atomic E-state index is 0.229. The van der Waals surface area contributed by atoms with Gasteiger partial charge in [0.15, 0.2) is 0 Å². The normalized spacial score (nSPS) is 19.5. The minimum Gasteiger partial charge on any atom is -0.474 e. The monoisotopic (exact) mass is 394 g/mol. The Labute approximate surface area is 170 Å². The maximum Gasteiger partial charge on any atom is 0.213 e. The summed E-state index contributed by atoms with van der Waals surface area (Å²) < 4.78 is 8.32. The molecule has 0 bridgehead atoms. The molecule has 146 valence electrons. The van der Waals surface area contributed by atoms with Crippen molar-refractivity contribution in [3.05, 3.63) is 65.9 Å². The van der Waals surface area contributed by atoms with Gasteiger partial charge in [-0.1, -0.05) is 23.8 Å². The van der Waals surface area contributed by atoms with Crippen LogP contribution in [0.5, 0.6) is 5.88 Å². The smallest absolute Gasteiger partial charge is 0.213 e. The lowest BCUT2D eigenvalue weighted by Gasteiger charge is -2.28. The molecule has 0 spiro atoms. The highest BCUT2D eigenvalue weighted by molar-refractivity contribution is 7.97. The Balaban J connectivity index is 1.51. The summed E-state index contributed by atoms with van der Waals surface area (Å²) in [5.41, 5.74) is 2.42. The van der Waals surface area contributed by atoms with Crippen LogP contribution in [0, 0.1) is 6.92 Å². The van der Waals surface area contributed by atoms with Crippen molar-refractivity contribution in [3.8, 4) is 11.6 Å². The number of ether oxygens (including phenoxy) is 1. The summed E-state index contributed by atoms with van der Waals surface area (Å²) in [6, 6.07) is 14.4. The molecule has 0 saturated heterocycles. The van der Waals surface area contributed by atoms with Gasteiger partial charge in [0.1, 0.15) is 17.8 Å². The number of aryl methyl sites for hydroxylation is 1. The van der Waals surface area contributed by atoms with Gasteiger partial charge >= 0.3 is 0 Å². The lowest BCUT2D eigenvalue weighted by Crippen LogP contribution is -2.25. The fraction of sp³-hybridized carbons (Fsp3) is 0.409. The molecule has 5 nitrogen and oxygen atoms in total. The molecular formula is C22H26N4OS. The Kier molecular flexibility index (Phi) is 5.95. The fourth-order valence-electron chi connectivity index (χ4n) is 3.82. The minimum atomic E-state index is 0.229. The fourth-order valence-corrected chi connectivity index (χ4v) is 4.26. The predicted molar refractivity (Wildman–Crippen MR) is 113 cm³/mol. The molecule has 2 aromatic heterocycles. The van der Waals surface area contributed by atoms with Crippen LogP contribution in [0.4, 0.5) is 0 Å². The van der Waals surface area contributed by atoms with Gasteiger partial charge in [-0.05, 0) is 57.1 Å². The molecule has 1 aliphatic carbocycles. The van der Waals surface area contributed by atoms with E-state index in [9.17, 15) is 0 Å². The summed E-state index contributed by atoms with van der Waals surface area (Å²) >= 11 is 1.78. The number of pyridine rings is 1. The van der Waals surface area contributed by atoms with E-state index in [1.54, 1.807) is 18.0 Å². The summed E-state index contributed by atoms with van der Waals surface area (Å²) in [6.45, 7) is 2.11. The topological polar surface area (TPSA) is 52.8 Å². The largest absolute Gasteiger partial charge is 0.474 e. The van der Waals surface area contributed by atoms with Crippen molar-refractivity contribution in [2.45, 2.75) is 50.4 Å². The van der Waals surface area contributed by atoms with Crippen LogP contribution >= 0.6 is 11.8 Å². The van der Waals surface area contributed by atoms with Crippen LogP contribution < -0.4 is 4.74 Å². The molecule has 1 fully saturated rings.